The number of unbranched alkanes of at least 4 members (excludes halogenated alkanes) is 5. The van der Waals surface area contributed by atoms with Crippen molar-refractivity contribution in [3.05, 3.63) is 0 Å². The van der Waals surface area contributed by atoms with Gasteiger partial charge in [-0.25, -0.2) is 0 Å². The molecule has 2 heteroatoms. The van der Waals surface area contributed by atoms with Crippen LogP contribution in [0.4, 0.5) is 0 Å². The van der Waals surface area contributed by atoms with Crippen LogP contribution in [-0.2, 0) is 0 Å². The summed E-state index contributed by atoms with van der Waals surface area (Å²) in [5.74, 6) is 0. The van der Waals surface area contributed by atoms with E-state index in [1.54, 1.807) is 0 Å². The van der Waals surface area contributed by atoms with Gasteiger partial charge in [0.25, 0.3) is 0 Å². The molecule has 0 heterocycles. The third-order valence-electron chi connectivity index (χ3n) is 2.26. The molecule has 0 bridgehead atoms. The molecule has 0 unspecified atom stereocenters. The largest absolute Gasteiger partial charge is 0.330 e. The van der Waals surface area contributed by atoms with E-state index in [0.717, 1.165) is 19.5 Å². The molecule has 13 heavy (non-hydrogen) atoms. The molecule has 0 aliphatic heterocycles. The van der Waals surface area contributed by atoms with Gasteiger partial charge in [-0.15, -0.1) is 0 Å². The Balaban J connectivity index is 2.76. The Kier molecular flexibility index (Phi) is 11.8. The summed E-state index contributed by atoms with van der Waals surface area (Å²) in [6.45, 7) is 5.33. The number of hydrogen-bond donors (Lipinski definition) is 2. The molecular weight excluding hydrogens is 160 g/mol. The fourth-order valence-corrected chi connectivity index (χ4v) is 1.38. The summed E-state index contributed by atoms with van der Waals surface area (Å²) in [5, 5.41) is 3.40. The third kappa shape index (κ3) is 11.9. The number of nitrogens with one attached hydrogen (secondary N) is 1. The van der Waals surface area contributed by atoms with Crippen molar-refractivity contribution in [1.82, 2.24) is 5.32 Å². The number of rotatable bonds is 10. The molecule has 0 atom stereocenters. The van der Waals surface area contributed by atoms with Gasteiger partial charge < -0.3 is 11.1 Å². The normalized spacial score (nSPS) is 10.6. The van der Waals surface area contributed by atoms with Gasteiger partial charge in [-0.3, -0.25) is 0 Å². The van der Waals surface area contributed by atoms with E-state index < -0.39 is 0 Å². The lowest BCUT2D eigenvalue weighted by molar-refractivity contribution is 0.566. The topological polar surface area (TPSA) is 38.0 Å². The van der Waals surface area contributed by atoms with Crippen LogP contribution in [0.15, 0.2) is 0 Å². The lowest BCUT2D eigenvalue weighted by atomic mass is 10.1. The maximum Gasteiger partial charge on any atom is -0.00369 e. The smallest absolute Gasteiger partial charge is 0.00369 e. The molecule has 0 fully saturated rings. The van der Waals surface area contributed by atoms with E-state index in [9.17, 15) is 0 Å². The Bertz CT molecular complexity index is 74.2. The van der Waals surface area contributed by atoms with Crippen LogP contribution in [0.2, 0.25) is 0 Å². The van der Waals surface area contributed by atoms with Crippen LogP contribution in [-0.4, -0.2) is 19.6 Å². The second-order valence-corrected chi connectivity index (χ2v) is 3.66. The van der Waals surface area contributed by atoms with Gasteiger partial charge in [0.05, 0.1) is 0 Å². The van der Waals surface area contributed by atoms with Crippen LogP contribution >= 0.6 is 0 Å². The van der Waals surface area contributed by atoms with Gasteiger partial charge in [0, 0.05) is 0 Å². The second-order valence-electron chi connectivity index (χ2n) is 3.66. The molecule has 0 rings (SSSR count). The predicted octanol–water partition coefficient (Wildman–Crippen LogP) is 2.29. The van der Waals surface area contributed by atoms with Gasteiger partial charge in [0.2, 0.25) is 0 Å². The van der Waals surface area contributed by atoms with E-state index >= 15 is 0 Å². The molecule has 0 saturated carbocycles. The van der Waals surface area contributed by atoms with Crippen molar-refractivity contribution >= 4 is 0 Å². The first-order chi connectivity index (χ1) is 6.41. The Morgan fingerprint density at radius 3 is 2.15 bits per heavy atom. The zero-order valence-electron chi connectivity index (χ0n) is 9.15. The molecular formula is C11H26N2. The summed E-state index contributed by atoms with van der Waals surface area (Å²) in [5.41, 5.74) is 5.38. The first-order valence-corrected chi connectivity index (χ1v) is 5.82. The summed E-state index contributed by atoms with van der Waals surface area (Å²) in [4.78, 5) is 0. The Morgan fingerprint density at radius 2 is 1.46 bits per heavy atom. The van der Waals surface area contributed by atoms with Gasteiger partial charge in [-0.2, -0.15) is 0 Å². The van der Waals surface area contributed by atoms with E-state index in [1.807, 2.05) is 0 Å². The highest BCUT2D eigenvalue weighted by atomic mass is 14.8. The minimum atomic E-state index is 0.809. The molecule has 3 N–H and O–H groups in total. The van der Waals surface area contributed by atoms with Crippen LogP contribution < -0.4 is 11.1 Å². The van der Waals surface area contributed by atoms with Gasteiger partial charge in [0.15, 0.2) is 0 Å². The number of nitrogens with two attached hydrogens (primary N) is 1. The standard InChI is InChI=1S/C11H26N2/c1-2-3-4-5-6-7-10-13-11-8-9-12/h13H,2-12H2,1H3. The molecule has 0 aromatic rings. The van der Waals surface area contributed by atoms with Crippen LogP contribution in [0.25, 0.3) is 0 Å². The SMILES string of the molecule is CCCCCCCCNCCCN. The van der Waals surface area contributed by atoms with Crippen LogP contribution in [0.5, 0.6) is 0 Å². The van der Waals surface area contributed by atoms with Gasteiger partial charge in [-0.05, 0) is 32.5 Å². The zero-order valence-corrected chi connectivity index (χ0v) is 9.15. The maximum absolute atomic E-state index is 5.38. The van der Waals surface area contributed by atoms with Crippen LogP contribution in [0, 0.1) is 0 Å². The van der Waals surface area contributed by atoms with Crippen molar-refractivity contribution in [3.63, 3.8) is 0 Å². The Morgan fingerprint density at radius 1 is 0.846 bits per heavy atom. The number of hydrogen-bond acceptors (Lipinski definition) is 2. The van der Waals surface area contributed by atoms with Crippen molar-refractivity contribution in [2.24, 2.45) is 5.73 Å². The maximum atomic E-state index is 5.38. The molecule has 0 amide bonds. The quantitative estimate of drug-likeness (QED) is 0.514. The predicted molar refractivity (Wildman–Crippen MR) is 59.9 cm³/mol. The summed E-state index contributed by atoms with van der Waals surface area (Å²) in [6, 6.07) is 0. The fourth-order valence-electron chi connectivity index (χ4n) is 1.38. The zero-order chi connectivity index (χ0) is 9.78. The summed E-state index contributed by atoms with van der Waals surface area (Å²) in [7, 11) is 0. The summed E-state index contributed by atoms with van der Waals surface area (Å²) >= 11 is 0. The molecule has 2 nitrogen and oxygen atoms in total. The average molecular weight is 186 g/mol. The first kappa shape index (κ1) is 12.9. The van der Waals surface area contributed by atoms with Crippen molar-refractivity contribution in [2.45, 2.75) is 51.9 Å². The highest BCUT2D eigenvalue weighted by molar-refractivity contribution is 4.50. The molecule has 0 aliphatic carbocycles. The highest BCUT2D eigenvalue weighted by Gasteiger charge is 1.89. The minimum absolute atomic E-state index is 0.809. The van der Waals surface area contributed by atoms with E-state index in [4.69, 9.17) is 5.73 Å². The average Bonchev–Trinajstić information content (AvgIpc) is 2.16. The second kappa shape index (κ2) is 11.9. The molecule has 0 aromatic carbocycles. The van der Waals surface area contributed by atoms with E-state index in [0.29, 0.717) is 0 Å². The van der Waals surface area contributed by atoms with Gasteiger partial charge >= 0.3 is 0 Å². The summed E-state index contributed by atoms with van der Waals surface area (Å²) < 4.78 is 0. The Hall–Kier alpha value is -0.0800. The van der Waals surface area contributed by atoms with Crippen molar-refractivity contribution in [3.8, 4) is 0 Å². The van der Waals surface area contributed by atoms with Crippen molar-refractivity contribution in [1.29, 1.82) is 0 Å². The third-order valence-corrected chi connectivity index (χ3v) is 2.26. The van der Waals surface area contributed by atoms with Crippen molar-refractivity contribution < 1.29 is 0 Å². The molecule has 0 radical (unpaired) electrons. The molecule has 0 saturated heterocycles. The van der Waals surface area contributed by atoms with Crippen LogP contribution in [0.1, 0.15) is 51.9 Å². The van der Waals surface area contributed by atoms with Gasteiger partial charge in [0.1, 0.15) is 0 Å². The van der Waals surface area contributed by atoms with E-state index in [2.05, 4.69) is 12.2 Å². The molecule has 80 valence electrons. The molecule has 0 aliphatic rings. The van der Waals surface area contributed by atoms with Crippen molar-refractivity contribution in [2.75, 3.05) is 19.6 Å². The highest BCUT2D eigenvalue weighted by Crippen LogP contribution is 2.03. The van der Waals surface area contributed by atoms with Crippen LogP contribution in [0.3, 0.4) is 0 Å². The lowest BCUT2D eigenvalue weighted by Gasteiger charge is -2.03. The fraction of sp³-hybridized carbons (Fsp3) is 1.00. The minimum Gasteiger partial charge on any atom is -0.330 e. The van der Waals surface area contributed by atoms with E-state index in [-0.39, 0.29) is 0 Å². The first-order valence-electron chi connectivity index (χ1n) is 5.82. The van der Waals surface area contributed by atoms with Gasteiger partial charge in [-0.1, -0.05) is 39.0 Å². The lowest BCUT2D eigenvalue weighted by Crippen LogP contribution is -2.19. The molecule has 0 aromatic heterocycles. The van der Waals surface area contributed by atoms with E-state index in [1.165, 1.54) is 45.1 Å². The molecule has 0 spiro atoms. The monoisotopic (exact) mass is 186 g/mol. The summed E-state index contributed by atoms with van der Waals surface area (Å²) in [6.07, 6.45) is 9.39. The Labute approximate surface area is 83.3 Å².